The number of aryl methyl sites for hydroxylation is 2. The summed E-state index contributed by atoms with van der Waals surface area (Å²) in [5.74, 6) is 2.76. The molecule has 1 aromatic carbocycles. The smallest absolute Gasteiger partial charge is 0.348 e. The maximum absolute atomic E-state index is 12.2. The Labute approximate surface area is 189 Å². The summed E-state index contributed by atoms with van der Waals surface area (Å²) in [5, 5.41) is 5.10. The number of hydrogen-bond acceptors (Lipinski definition) is 9. The van der Waals surface area contributed by atoms with Crippen LogP contribution in [0.3, 0.4) is 0 Å². The van der Waals surface area contributed by atoms with Gasteiger partial charge in [-0.05, 0) is 32.3 Å². The Morgan fingerprint density at radius 3 is 2.59 bits per heavy atom. The van der Waals surface area contributed by atoms with E-state index in [0.29, 0.717) is 22.4 Å². The van der Waals surface area contributed by atoms with Crippen LogP contribution in [0.25, 0.3) is 21.6 Å². The lowest BCUT2D eigenvalue weighted by Gasteiger charge is -2.31. The van der Waals surface area contributed by atoms with Crippen molar-refractivity contribution >= 4 is 33.3 Å². The molecule has 5 rings (SSSR count). The van der Waals surface area contributed by atoms with E-state index in [1.807, 2.05) is 44.2 Å². The average Bonchev–Trinajstić information content (AvgIpc) is 3.44. The molecule has 0 amide bonds. The van der Waals surface area contributed by atoms with Gasteiger partial charge in [-0.1, -0.05) is 35.5 Å². The summed E-state index contributed by atoms with van der Waals surface area (Å²) in [6.07, 6.45) is 1.77. The molecule has 0 aliphatic carbocycles. The number of methoxy groups -OCH3 is 1. The summed E-state index contributed by atoms with van der Waals surface area (Å²) < 4.78 is 10.5. The average molecular weight is 450 g/mol. The fourth-order valence-electron chi connectivity index (χ4n) is 4.18. The molecule has 8 nitrogen and oxygen atoms in total. The Kier molecular flexibility index (Phi) is 5.34. The highest BCUT2D eigenvalue weighted by Gasteiger charge is 2.29. The van der Waals surface area contributed by atoms with Gasteiger partial charge in [0.25, 0.3) is 0 Å². The molecule has 1 aliphatic heterocycles. The molecule has 0 bridgehead atoms. The molecule has 0 spiro atoms. The first-order chi connectivity index (χ1) is 15.5. The predicted molar refractivity (Wildman–Crippen MR) is 122 cm³/mol. The predicted octanol–water partition coefficient (Wildman–Crippen LogP) is 4.53. The molecular weight excluding hydrogens is 426 g/mol. The largest absolute Gasteiger partial charge is 0.465 e. The van der Waals surface area contributed by atoms with Crippen molar-refractivity contribution in [1.29, 1.82) is 0 Å². The topological polar surface area (TPSA) is 94.2 Å². The maximum Gasteiger partial charge on any atom is 0.348 e. The van der Waals surface area contributed by atoms with Crippen LogP contribution in [0.4, 0.5) is 5.82 Å². The number of thiophene rings is 1. The summed E-state index contributed by atoms with van der Waals surface area (Å²) >= 11 is 1.36. The zero-order valence-corrected chi connectivity index (χ0v) is 19.0. The molecule has 4 heterocycles. The standard InChI is InChI=1S/C23H23N5O3S/c1-13-17-20(24-14(2)25-22(17)32-18(13)23(29)30-3)28-11-9-16(10-12-28)21-26-19(27-31-21)15-7-5-4-6-8-15/h4-8,16H,9-12H2,1-3H3. The number of benzene rings is 1. The van der Waals surface area contributed by atoms with Crippen LogP contribution in [0.5, 0.6) is 0 Å². The number of ether oxygens (including phenoxy) is 1. The second kappa shape index (κ2) is 8.31. The molecule has 0 saturated carbocycles. The van der Waals surface area contributed by atoms with E-state index in [9.17, 15) is 4.79 Å². The summed E-state index contributed by atoms with van der Waals surface area (Å²) in [7, 11) is 1.40. The summed E-state index contributed by atoms with van der Waals surface area (Å²) in [6, 6.07) is 9.85. The highest BCUT2D eigenvalue weighted by atomic mass is 32.1. The lowest BCUT2D eigenvalue weighted by molar-refractivity contribution is 0.0605. The number of hydrogen-bond donors (Lipinski definition) is 0. The van der Waals surface area contributed by atoms with Crippen molar-refractivity contribution < 1.29 is 14.1 Å². The number of aromatic nitrogens is 4. The van der Waals surface area contributed by atoms with E-state index < -0.39 is 0 Å². The molecule has 0 N–H and O–H groups in total. The number of anilines is 1. The molecule has 32 heavy (non-hydrogen) atoms. The normalized spacial score (nSPS) is 14.8. The van der Waals surface area contributed by atoms with Crippen molar-refractivity contribution in [2.75, 3.05) is 25.1 Å². The van der Waals surface area contributed by atoms with Gasteiger partial charge >= 0.3 is 5.97 Å². The van der Waals surface area contributed by atoms with E-state index in [-0.39, 0.29) is 11.9 Å². The summed E-state index contributed by atoms with van der Waals surface area (Å²) in [5.41, 5.74) is 1.83. The Balaban J connectivity index is 1.38. The number of piperidine rings is 1. The van der Waals surface area contributed by atoms with Gasteiger partial charge in [-0.15, -0.1) is 11.3 Å². The van der Waals surface area contributed by atoms with Crippen molar-refractivity contribution in [2.45, 2.75) is 32.6 Å². The van der Waals surface area contributed by atoms with E-state index in [4.69, 9.17) is 14.2 Å². The van der Waals surface area contributed by atoms with Crippen LogP contribution in [0, 0.1) is 13.8 Å². The molecule has 1 saturated heterocycles. The fraction of sp³-hybridized carbons (Fsp3) is 0.348. The van der Waals surface area contributed by atoms with Gasteiger partial charge in [-0.3, -0.25) is 0 Å². The zero-order valence-electron chi connectivity index (χ0n) is 18.2. The number of nitrogens with zero attached hydrogens (tertiary/aromatic N) is 5. The van der Waals surface area contributed by atoms with Gasteiger partial charge < -0.3 is 14.2 Å². The van der Waals surface area contributed by atoms with Crippen LogP contribution >= 0.6 is 11.3 Å². The Morgan fingerprint density at radius 1 is 1.12 bits per heavy atom. The van der Waals surface area contributed by atoms with E-state index in [0.717, 1.165) is 53.1 Å². The van der Waals surface area contributed by atoms with Crippen LogP contribution in [-0.4, -0.2) is 46.3 Å². The molecule has 164 valence electrons. The minimum Gasteiger partial charge on any atom is -0.465 e. The SMILES string of the molecule is COC(=O)c1sc2nc(C)nc(N3CCC(c4nc(-c5ccccc5)no4)CC3)c2c1C. The highest BCUT2D eigenvalue weighted by Crippen LogP contribution is 2.38. The van der Waals surface area contributed by atoms with E-state index >= 15 is 0 Å². The highest BCUT2D eigenvalue weighted by molar-refractivity contribution is 7.20. The van der Waals surface area contributed by atoms with Crippen molar-refractivity contribution in [3.63, 3.8) is 0 Å². The first kappa shape index (κ1) is 20.6. The third kappa shape index (κ3) is 3.62. The molecular formula is C23H23N5O3S. The second-order valence-electron chi connectivity index (χ2n) is 7.91. The lowest BCUT2D eigenvalue weighted by Crippen LogP contribution is -2.34. The first-order valence-electron chi connectivity index (χ1n) is 10.5. The van der Waals surface area contributed by atoms with Crippen LogP contribution in [0.2, 0.25) is 0 Å². The summed E-state index contributed by atoms with van der Waals surface area (Å²) in [6.45, 7) is 5.43. The van der Waals surface area contributed by atoms with Crippen LogP contribution in [0.15, 0.2) is 34.9 Å². The minimum atomic E-state index is -0.335. The van der Waals surface area contributed by atoms with Gasteiger partial charge in [0.15, 0.2) is 0 Å². The van der Waals surface area contributed by atoms with Gasteiger partial charge in [0.05, 0.1) is 12.5 Å². The summed E-state index contributed by atoms with van der Waals surface area (Å²) in [4.78, 5) is 29.8. The zero-order chi connectivity index (χ0) is 22.2. The van der Waals surface area contributed by atoms with Crippen molar-refractivity contribution in [1.82, 2.24) is 20.1 Å². The number of carbonyl (C=O) groups is 1. The van der Waals surface area contributed by atoms with Gasteiger partial charge in [-0.25, -0.2) is 14.8 Å². The molecule has 1 aliphatic rings. The monoisotopic (exact) mass is 449 g/mol. The first-order valence-corrected chi connectivity index (χ1v) is 11.4. The Bertz CT molecular complexity index is 1280. The Morgan fingerprint density at radius 2 is 1.88 bits per heavy atom. The van der Waals surface area contributed by atoms with Gasteiger partial charge in [0.1, 0.15) is 21.3 Å². The van der Waals surface area contributed by atoms with Gasteiger partial charge in [0.2, 0.25) is 11.7 Å². The number of carbonyl (C=O) groups excluding carboxylic acids is 1. The Hall–Kier alpha value is -3.33. The van der Waals surface area contributed by atoms with Crippen LogP contribution < -0.4 is 4.90 Å². The van der Waals surface area contributed by atoms with E-state index in [1.165, 1.54) is 18.4 Å². The minimum absolute atomic E-state index is 0.212. The molecule has 1 fully saturated rings. The molecule has 3 aromatic heterocycles. The third-order valence-electron chi connectivity index (χ3n) is 5.87. The van der Waals surface area contributed by atoms with Crippen LogP contribution in [0.1, 0.15) is 45.7 Å². The van der Waals surface area contributed by atoms with Crippen molar-refractivity contribution in [3.05, 3.63) is 52.5 Å². The lowest BCUT2D eigenvalue weighted by atomic mass is 9.96. The van der Waals surface area contributed by atoms with E-state index in [1.54, 1.807) is 0 Å². The van der Waals surface area contributed by atoms with Crippen molar-refractivity contribution in [2.24, 2.45) is 0 Å². The molecule has 0 atom stereocenters. The molecule has 4 aromatic rings. The van der Waals surface area contributed by atoms with Crippen LogP contribution in [-0.2, 0) is 4.74 Å². The molecule has 9 heteroatoms. The number of rotatable bonds is 4. The second-order valence-corrected chi connectivity index (χ2v) is 8.90. The molecule has 0 unspecified atom stereocenters. The number of fused-ring (bicyclic) bond motifs is 1. The van der Waals surface area contributed by atoms with E-state index in [2.05, 4.69) is 20.0 Å². The molecule has 0 radical (unpaired) electrons. The fourth-order valence-corrected chi connectivity index (χ4v) is 5.32. The number of esters is 1. The van der Waals surface area contributed by atoms with Gasteiger partial charge in [0, 0.05) is 24.6 Å². The quantitative estimate of drug-likeness (QED) is 0.420. The van der Waals surface area contributed by atoms with Crippen molar-refractivity contribution in [3.8, 4) is 11.4 Å². The van der Waals surface area contributed by atoms with Gasteiger partial charge in [-0.2, -0.15) is 4.98 Å². The third-order valence-corrected chi connectivity index (χ3v) is 7.04. The maximum atomic E-state index is 12.2.